The van der Waals surface area contributed by atoms with Crippen molar-refractivity contribution in [3.05, 3.63) is 0 Å². The molecular weight excluding hydrogens is 490 g/mol. The minimum atomic E-state index is -1.85. The molecule has 3 fully saturated rings. The average molecular weight is 550 g/mol. The Morgan fingerprint density at radius 3 is 2.29 bits per heavy atom. The number of carbonyl (C=O) groups excluding carboxylic acids is 2. The fraction of sp³-hybridized carbons (Fsp3) is 0.938. The van der Waals surface area contributed by atoms with Crippen LogP contribution in [0.5, 0.6) is 0 Å². The Labute approximate surface area is 235 Å². The number of rotatable bonds is 6. The molecule has 3 aliphatic rings. The van der Waals surface area contributed by atoms with Gasteiger partial charge in [0.1, 0.15) is 11.4 Å². The van der Waals surface area contributed by atoms with E-state index in [0.717, 1.165) is 31.8 Å². The van der Waals surface area contributed by atoms with Gasteiger partial charge in [0.05, 0.1) is 0 Å². The largest absolute Gasteiger partial charge is 0.444 e. The standard InChI is InChI=1S/C32H59NO4Si/c1-22-14-17-32(9,23(18-22)21-36-38(10,11)30(5,6)7)27-15-16-31(8)19-24(34)12-13-26(31)25(27)20-33-28(35)37-29(2,3)4/h22-23,25-27H,12-21H2,1-11H3,(H,33,35)/t22-,23+,25-,26-,27-,31+,32-/m0/s1. The number of carbonyl (C=O) groups is 2. The Bertz CT molecular complexity index is 859. The summed E-state index contributed by atoms with van der Waals surface area (Å²) >= 11 is 0. The Hall–Kier alpha value is -0.883. The predicted octanol–water partition coefficient (Wildman–Crippen LogP) is 8.38. The summed E-state index contributed by atoms with van der Waals surface area (Å²) < 4.78 is 12.5. The zero-order chi connectivity index (χ0) is 28.7. The molecule has 0 radical (unpaired) electrons. The van der Waals surface area contributed by atoms with Crippen LogP contribution in [0.15, 0.2) is 0 Å². The first-order valence-electron chi connectivity index (χ1n) is 15.4. The Morgan fingerprint density at radius 1 is 1.03 bits per heavy atom. The number of Topliss-reactive ketones (excluding diaryl/α,β-unsaturated/α-hetero) is 1. The van der Waals surface area contributed by atoms with Crippen LogP contribution < -0.4 is 5.32 Å². The summed E-state index contributed by atoms with van der Waals surface area (Å²) in [5, 5.41) is 3.39. The topological polar surface area (TPSA) is 64.6 Å². The first-order valence-corrected chi connectivity index (χ1v) is 18.3. The molecule has 0 bridgehead atoms. The maximum atomic E-state index is 12.8. The molecule has 0 spiro atoms. The van der Waals surface area contributed by atoms with Crippen molar-refractivity contribution in [3.8, 4) is 0 Å². The van der Waals surface area contributed by atoms with E-state index in [1.165, 1.54) is 19.3 Å². The number of nitrogens with one attached hydrogen (secondary N) is 1. The van der Waals surface area contributed by atoms with Crippen LogP contribution in [0.1, 0.15) is 114 Å². The molecule has 3 rings (SSSR count). The van der Waals surface area contributed by atoms with Crippen molar-refractivity contribution < 1.29 is 18.8 Å². The van der Waals surface area contributed by atoms with Crippen LogP contribution in [-0.4, -0.2) is 38.9 Å². The van der Waals surface area contributed by atoms with Crippen molar-refractivity contribution >= 4 is 20.2 Å². The van der Waals surface area contributed by atoms with Crippen LogP contribution in [0, 0.1) is 40.4 Å². The summed E-state index contributed by atoms with van der Waals surface area (Å²) in [6.07, 6.45) is 7.93. The highest BCUT2D eigenvalue weighted by Crippen LogP contribution is 2.61. The minimum Gasteiger partial charge on any atom is -0.444 e. The Morgan fingerprint density at radius 2 is 1.68 bits per heavy atom. The molecule has 1 N–H and O–H groups in total. The zero-order valence-corrected chi connectivity index (χ0v) is 27.6. The van der Waals surface area contributed by atoms with Crippen LogP contribution in [-0.2, 0) is 14.0 Å². The second kappa shape index (κ2) is 11.2. The highest BCUT2D eigenvalue weighted by molar-refractivity contribution is 6.74. The predicted molar refractivity (Wildman–Crippen MR) is 159 cm³/mol. The van der Waals surface area contributed by atoms with Crippen LogP contribution in [0.4, 0.5) is 4.79 Å². The smallest absolute Gasteiger partial charge is 0.407 e. The van der Waals surface area contributed by atoms with E-state index in [9.17, 15) is 9.59 Å². The van der Waals surface area contributed by atoms with Gasteiger partial charge in [-0.3, -0.25) is 4.79 Å². The van der Waals surface area contributed by atoms with Crippen LogP contribution in [0.25, 0.3) is 0 Å². The summed E-state index contributed by atoms with van der Waals surface area (Å²) in [5.74, 6) is 2.96. The third kappa shape index (κ3) is 7.05. The lowest BCUT2D eigenvalue weighted by molar-refractivity contribution is -0.136. The monoisotopic (exact) mass is 549 g/mol. The van der Waals surface area contributed by atoms with Gasteiger partial charge in [0.15, 0.2) is 8.32 Å². The second-order valence-electron chi connectivity index (χ2n) is 16.4. The van der Waals surface area contributed by atoms with Gasteiger partial charge in [-0.05, 0) is 111 Å². The molecule has 0 aromatic carbocycles. The van der Waals surface area contributed by atoms with Crippen molar-refractivity contribution in [2.45, 2.75) is 137 Å². The van der Waals surface area contributed by atoms with Crippen molar-refractivity contribution in [2.24, 2.45) is 40.4 Å². The molecule has 6 heteroatoms. The van der Waals surface area contributed by atoms with Crippen LogP contribution in [0.3, 0.4) is 0 Å². The van der Waals surface area contributed by atoms with E-state index in [0.29, 0.717) is 48.8 Å². The number of alkyl carbamates (subject to hydrolysis) is 1. The molecule has 220 valence electrons. The van der Waals surface area contributed by atoms with Gasteiger partial charge in [-0.1, -0.05) is 48.0 Å². The summed E-state index contributed by atoms with van der Waals surface area (Å²) in [6.45, 7) is 26.2. The molecule has 0 aromatic heterocycles. The van der Waals surface area contributed by atoms with Gasteiger partial charge in [0.25, 0.3) is 0 Å². The lowest BCUT2D eigenvalue weighted by Gasteiger charge is -2.59. The van der Waals surface area contributed by atoms with Crippen molar-refractivity contribution in [2.75, 3.05) is 13.2 Å². The van der Waals surface area contributed by atoms with Crippen molar-refractivity contribution in [1.29, 1.82) is 0 Å². The molecule has 5 nitrogen and oxygen atoms in total. The normalized spacial score (nSPS) is 36.9. The average Bonchev–Trinajstić information content (AvgIpc) is 2.75. The summed E-state index contributed by atoms with van der Waals surface area (Å²) in [5.41, 5.74) is -0.311. The number of amides is 1. The fourth-order valence-corrected chi connectivity index (χ4v) is 8.90. The van der Waals surface area contributed by atoms with E-state index < -0.39 is 13.9 Å². The molecule has 38 heavy (non-hydrogen) atoms. The fourth-order valence-electron chi connectivity index (χ4n) is 7.84. The summed E-state index contributed by atoms with van der Waals surface area (Å²) in [6, 6.07) is 0. The minimum absolute atomic E-state index is 0.0393. The third-order valence-electron chi connectivity index (χ3n) is 11.3. The van der Waals surface area contributed by atoms with Gasteiger partial charge in [0, 0.05) is 26.0 Å². The first-order chi connectivity index (χ1) is 17.3. The number of hydrogen-bond donors (Lipinski definition) is 1. The van der Waals surface area contributed by atoms with E-state index in [2.05, 4.69) is 60.0 Å². The molecule has 3 aliphatic carbocycles. The third-order valence-corrected chi connectivity index (χ3v) is 15.8. The van der Waals surface area contributed by atoms with Gasteiger partial charge in [-0.25, -0.2) is 4.79 Å². The molecule has 0 aliphatic heterocycles. The van der Waals surface area contributed by atoms with Gasteiger partial charge in [0.2, 0.25) is 0 Å². The van der Waals surface area contributed by atoms with E-state index in [1.54, 1.807) is 0 Å². The Kier molecular flexibility index (Phi) is 9.31. The number of hydrogen-bond acceptors (Lipinski definition) is 4. The van der Waals surface area contributed by atoms with E-state index in [4.69, 9.17) is 9.16 Å². The lowest BCUT2D eigenvalue weighted by atomic mass is 9.46. The van der Waals surface area contributed by atoms with E-state index in [-0.39, 0.29) is 22.0 Å². The molecule has 0 aromatic rings. The van der Waals surface area contributed by atoms with E-state index in [1.807, 2.05) is 20.8 Å². The van der Waals surface area contributed by atoms with Gasteiger partial charge in [-0.15, -0.1) is 0 Å². The summed E-state index contributed by atoms with van der Waals surface area (Å²) in [4.78, 5) is 25.3. The highest BCUT2D eigenvalue weighted by Gasteiger charge is 2.56. The number of ketones is 1. The molecule has 0 unspecified atom stereocenters. The van der Waals surface area contributed by atoms with Crippen LogP contribution in [0.2, 0.25) is 18.1 Å². The van der Waals surface area contributed by atoms with Gasteiger partial charge < -0.3 is 14.5 Å². The van der Waals surface area contributed by atoms with Crippen molar-refractivity contribution in [1.82, 2.24) is 5.32 Å². The summed E-state index contributed by atoms with van der Waals surface area (Å²) in [7, 11) is -1.85. The second-order valence-corrected chi connectivity index (χ2v) is 21.2. The lowest BCUT2D eigenvalue weighted by Crippen LogP contribution is -2.56. The number of ether oxygens (including phenoxy) is 1. The SMILES string of the molecule is C[C@H]1CC[C@](C)([C@H]2CC[C@]3(C)CC(=O)CC[C@H]3[C@@H]2CNC(=O)OC(C)(C)C)[C@@H](CO[Si](C)(C)C(C)(C)C)C1. The van der Waals surface area contributed by atoms with Crippen molar-refractivity contribution in [3.63, 3.8) is 0 Å². The Balaban J connectivity index is 1.90. The first kappa shape index (κ1) is 31.6. The molecule has 0 saturated heterocycles. The zero-order valence-electron chi connectivity index (χ0n) is 26.6. The molecule has 0 heterocycles. The van der Waals surface area contributed by atoms with E-state index >= 15 is 0 Å². The quantitative estimate of drug-likeness (QED) is 0.338. The molecular formula is C32H59NO4Si. The van der Waals surface area contributed by atoms with Gasteiger partial charge in [-0.2, -0.15) is 0 Å². The number of fused-ring (bicyclic) bond motifs is 1. The highest BCUT2D eigenvalue weighted by atomic mass is 28.4. The van der Waals surface area contributed by atoms with Crippen LogP contribution >= 0.6 is 0 Å². The van der Waals surface area contributed by atoms with Gasteiger partial charge >= 0.3 is 6.09 Å². The molecule has 3 saturated carbocycles. The molecule has 1 amide bonds. The maximum absolute atomic E-state index is 12.8. The maximum Gasteiger partial charge on any atom is 0.407 e. The molecule has 7 atom stereocenters.